The van der Waals surface area contributed by atoms with Gasteiger partial charge in [-0.1, -0.05) is 0 Å². The molecule has 0 amide bonds. The molecule has 1 saturated heterocycles. The van der Waals surface area contributed by atoms with Gasteiger partial charge in [0.15, 0.2) is 23.2 Å². The monoisotopic (exact) mass is 540 g/mol. The molecule has 2 atom stereocenters. The van der Waals surface area contributed by atoms with Crippen LogP contribution in [0.25, 0.3) is 0 Å². The molecule has 0 saturated carbocycles. The highest BCUT2D eigenvalue weighted by Crippen LogP contribution is 2.41. The predicted molar refractivity (Wildman–Crippen MR) is 122 cm³/mol. The van der Waals surface area contributed by atoms with Crippen molar-refractivity contribution in [1.29, 1.82) is 0 Å². The van der Waals surface area contributed by atoms with E-state index in [0.29, 0.717) is 31.6 Å². The third kappa shape index (κ3) is 4.83. The number of nitrogens with zero attached hydrogens (tertiary/aromatic N) is 4. The number of methoxy groups -OCH3 is 1. The number of fused-ring (bicyclic) bond motifs is 3. The first kappa shape index (κ1) is 25.7. The van der Waals surface area contributed by atoms with E-state index >= 15 is 0 Å². The minimum Gasteiger partial charge on any atom is -0.489 e. The van der Waals surface area contributed by atoms with E-state index in [1.54, 1.807) is 0 Å². The summed E-state index contributed by atoms with van der Waals surface area (Å²) in [5.41, 5.74) is -1.83. The van der Waals surface area contributed by atoms with Crippen molar-refractivity contribution in [3.63, 3.8) is 0 Å². The summed E-state index contributed by atoms with van der Waals surface area (Å²) in [6, 6.07) is 3.29. The number of benzene rings is 1. The second-order valence-corrected chi connectivity index (χ2v) is 8.77. The molecule has 2 aliphatic heterocycles. The maximum Gasteiger partial charge on any atom is 0.433 e. The van der Waals surface area contributed by atoms with E-state index in [2.05, 4.69) is 9.97 Å². The van der Waals surface area contributed by atoms with Gasteiger partial charge in [0.05, 0.1) is 32.4 Å². The molecule has 9 nitrogen and oxygen atoms in total. The average Bonchev–Trinajstić information content (AvgIpc) is 3.24. The zero-order chi connectivity index (χ0) is 27.2. The number of morpholine rings is 1. The first-order valence-corrected chi connectivity index (χ1v) is 11.4. The number of pyridine rings is 1. The van der Waals surface area contributed by atoms with E-state index in [-0.39, 0.29) is 29.3 Å². The van der Waals surface area contributed by atoms with Crippen molar-refractivity contribution in [2.75, 3.05) is 25.2 Å². The van der Waals surface area contributed by atoms with Gasteiger partial charge in [0.1, 0.15) is 18.1 Å². The second-order valence-electron chi connectivity index (χ2n) is 8.77. The highest BCUT2D eigenvalue weighted by Gasteiger charge is 2.39. The van der Waals surface area contributed by atoms with Gasteiger partial charge in [0, 0.05) is 18.8 Å². The van der Waals surface area contributed by atoms with Crippen molar-refractivity contribution in [2.45, 2.75) is 38.4 Å². The summed E-state index contributed by atoms with van der Waals surface area (Å²) in [6.07, 6.45) is -4.02. The molecule has 14 heteroatoms. The Hall–Kier alpha value is -3.94. The van der Waals surface area contributed by atoms with Gasteiger partial charge >= 0.3 is 11.9 Å². The van der Waals surface area contributed by atoms with E-state index in [1.807, 2.05) is 11.8 Å². The number of rotatable bonds is 6. The first-order chi connectivity index (χ1) is 18.0. The standard InChI is InChI=1S/C24H21F5N4O5/c1-12-8-32-14(11-36-12)9-33-22(32)20(35-2)21(31-23(33)34)37-10-13-5-16(25)19(17(26)6-13)38-15-3-4-30-18(7-15)24(27,28)29/h3-7,12,14H,8-11H2,1-2H3/t12-,14?/m0/s1. The van der Waals surface area contributed by atoms with Crippen LogP contribution in [-0.2, 0) is 24.1 Å². The molecule has 0 radical (unpaired) electrons. The Balaban J connectivity index is 1.37. The zero-order valence-corrected chi connectivity index (χ0v) is 20.1. The molecule has 0 bridgehead atoms. The van der Waals surface area contributed by atoms with Crippen molar-refractivity contribution in [1.82, 2.24) is 14.5 Å². The van der Waals surface area contributed by atoms with Crippen LogP contribution < -0.4 is 24.8 Å². The Morgan fingerprint density at radius 2 is 1.87 bits per heavy atom. The molecule has 2 aliphatic rings. The van der Waals surface area contributed by atoms with Gasteiger partial charge in [-0.05, 0) is 30.7 Å². The summed E-state index contributed by atoms with van der Waals surface area (Å²) in [5, 5.41) is 0. The summed E-state index contributed by atoms with van der Waals surface area (Å²) >= 11 is 0. The lowest BCUT2D eigenvalue weighted by Gasteiger charge is -2.34. The summed E-state index contributed by atoms with van der Waals surface area (Å²) in [7, 11) is 1.39. The molecule has 4 heterocycles. The largest absolute Gasteiger partial charge is 0.489 e. The minimum atomic E-state index is -4.76. The smallest absolute Gasteiger partial charge is 0.433 e. The van der Waals surface area contributed by atoms with Crippen molar-refractivity contribution in [2.24, 2.45) is 0 Å². The van der Waals surface area contributed by atoms with Gasteiger partial charge in [0.25, 0.3) is 5.88 Å². The highest BCUT2D eigenvalue weighted by molar-refractivity contribution is 5.61. The lowest BCUT2D eigenvalue weighted by Crippen LogP contribution is -2.47. The van der Waals surface area contributed by atoms with Crippen LogP contribution in [0.5, 0.6) is 23.1 Å². The summed E-state index contributed by atoms with van der Waals surface area (Å²) in [4.78, 5) is 21.8. The lowest BCUT2D eigenvalue weighted by atomic mass is 10.2. The number of hydrogen-bond acceptors (Lipinski definition) is 8. The predicted octanol–water partition coefficient (Wildman–Crippen LogP) is 3.92. The number of ether oxygens (including phenoxy) is 4. The molecule has 0 N–H and O–H groups in total. The average molecular weight is 540 g/mol. The normalized spacial score (nSPS) is 18.7. The Bertz CT molecular complexity index is 1410. The lowest BCUT2D eigenvalue weighted by molar-refractivity contribution is -0.141. The van der Waals surface area contributed by atoms with Gasteiger partial charge in [-0.2, -0.15) is 18.2 Å². The van der Waals surface area contributed by atoms with Gasteiger partial charge in [-0.15, -0.1) is 0 Å². The van der Waals surface area contributed by atoms with Crippen LogP contribution >= 0.6 is 0 Å². The van der Waals surface area contributed by atoms with E-state index in [1.165, 1.54) is 11.7 Å². The SMILES string of the molecule is COc1c(OCc2cc(F)c(Oc3ccnc(C(F)(F)F)c3)c(F)c2)nc(=O)n2c1N1C[C@H](C)OCC1C2. The molecule has 0 spiro atoms. The second kappa shape index (κ2) is 9.74. The van der Waals surface area contributed by atoms with Gasteiger partial charge in [-0.3, -0.25) is 9.55 Å². The van der Waals surface area contributed by atoms with Crippen molar-refractivity contribution >= 4 is 5.82 Å². The van der Waals surface area contributed by atoms with Crippen LogP contribution in [0.4, 0.5) is 27.8 Å². The molecule has 1 aromatic carbocycles. The summed E-state index contributed by atoms with van der Waals surface area (Å²) in [6.45, 7) is 2.82. The Kier molecular flexibility index (Phi) is 6.59. The topological polar surface area (TPSA) is 87.9 Å². The quantitative estimate of drug-likeness (QED) is 0.435. The maximum absolute atomic E-state index is 14.7. The molecule has 2 aromatic heterocycles. The van der Waals surface area contributed by atoms with E-state index in [9.17, 15) is 26.7 Å². The van der Waals surface area contributed by atoms with Crippen LogP contribution in [0.15, 0.2) is 35.3 Å². The van der Waals surface area contributed by atoms with Crippen molar-refractivity contribution < 1.29 is 40.9 Å². The first-order valence-electron chi connectivity index (χ1n) is 11.4. The zero-order valence-electron chi connectivity index (χ0n) is 20.1. The molecule has 1 fully saturated rings. The van der Waals surface area contributed by atoms with Gasteiger partial charge < -0.3 is 23.8 Å². The fourth-order valence-corrected chi connectivity index (χ4v) is 4.39. The minimum absolute atomic E-state index is 0.0142. The highest BCUT2D eigenvalue weighted by atomic mass is 19.4. The van der Waals surface area contributed by atoms with Crippen LogP contribution in [0.3, 0.4) is 0 Å². The van der Waals surface area contributed by atoms with E-state index in [0.717, 1.165) is 24.4 Å². The Morgan fingerprint density at radius 1 is 1.13 bits per heavy atom. The third-order valence-corrected chi connectivity index (χ3v) is 6.09. The number of anilines is 1. The number of alkyl halides is 3. The fourth-order valence-electron chi connectivity index (χ4n) is 4.39. The number of hydrogen-bond donors (Lipinski definition) is 0. The van der Waals surface area contributed by atoms with Crippen LogP contribution in [0.2, 0.25) is 0 Å². The molecule has 202 valence electrons. The van der Waals surface area contributed by atoms with E-state index in [4.69, 9.17) is 18.9 Å². The van der Waals surface area contributed by atoms with Gasteiger partial charge in [0.2, 0.25) is 5.75 Å². The Morgan fingerprint density at radius 3 is 2.55 bits per heavy atom. The molecular formula is C24H21F5N4O5. The fraction of sp³-hybridized carbons (Fsp3) is 0.375. The summed E-state index contributed by atoms with van der Waals surface area (Å²) < 4.78 is 91.3. The van der Waals surface area contributed by atoms with Crippen LogP contribution in [-0.4, -0.2) is 46.9 Å². The Labute approximate surface area is 212 Å². The maximum atomic E-state index is 14.7. The number of halogens is 5. The summed E-state index contributed by atoms with van der Waals surface area (Å²) in [5.74, 6) is -3.16. The molecule has 3 aromatic rings. The van der Waals surface area contributed by atoms with Crippen molar-refractivity contribution in [3.8, 4) is 23.1 Å². The van der Waals surface area contributed by atoms with Gasteiger partial charge in [-0.25, -0.2) is 13.6 Å². The molecule has 1 unspecified atom stereocenters. The molecular weight excluding hydrogens is 519 g/mol. The third-order valence-electron chi connectivity index (χ3n) is 6.09. The molecule has 5 rings (SSSR count). The molecule has 0 aliphatic carbocycles. The van der Waals surface area contributed by atoms with Crippen LogP contribution in [0, 0.1) is 11.6 Å². The number of aromatic nitrogens is 3. The molecule has 38 heavy (non-hydrogen) atoms. The van der Waals surface area contributed by atoms with Crippen molar-refractivity contribution in [3.05, 3.63) is 63.8 Å². The van der Waals surface area contributed by atoms with Crippen LogP contribution in [0.1, 0.15) is 18.2 Å². The van der Waals surface area contributed by atoms with E-state index < -0.39 is 47.3 Å².